The molecule has 4 heterocycles. The van der Waals surface area contributed by atoms with Gasteiger partial charge >= 0.3 is 5.97 Å². The first-order valence-electron chi connectivity index (χ1n) is 11.0. The second-order valence-electron chi connectivity index (χ2n) is 7.55. The van der Waals surface area contributed by atoms with Gasteiger partial charge in [0.05, 0.1) is 29.2 Å². The second-order valence-corrected chi connectivity index (χ2v) is 7.55. The minimum absolute atomic E-state index is 0.0449. The number of aliphatic hydroxyl groups is 1. The molecule has 1 aromatic heterocycles. The third-order valence-electron chi connectivity index (χ3n) is 6.14. The van der Waals surface area contributed by atoms with Crippen LogP contribution in [-0.4, -0.2) is 44.9 Å². The van der Waals surface area contributed by atoms with Crippen LogP contribution in [-0.2, 0) is 32.1 Å². The largest absolute Gasteiger partial charge is 0.462 e. The van der Waals surface area contributed by atoms with Crippen LogP contribution in [0.1, 0.15) is 41.1 Å². The van der Waals surface area contributed by atoms with Crippen LogP contribution in [0.5, 0.6) is 0 Å². The van der Waals surface area contributed by atoms with Crippen LogP contribution in [0.3, 0.4) is 0 Å². The van der Waals surface area contributed by atoms with Crippen LogP contribution >= 0.6 is 0 Å². The summed E-state index contributed by atoms with van der Waals surface area (Å²) in [7, 11) is 0. The first kappa shape index (κ1) is 14.9. The zero-order valence-corrected chi connectivity index (χ0v) is 15.7. The summed E-state index contributed by atoms with van der Waals surface area (Å²) >= 11 is 0. The van der Waals surface area contributed by atoms with Crippen LogP contribution in [0.2, 0.25) is 0 Å². The zero-order valence-electron chi connectivity index (χ0n) is 18.7. The molecule has 148 valence electrons. The Hall–Kier alpha value is -3.06. The number of ether oxygens (including phenoxy) is 1. The molecule has 5 rings (SSSR count). The van der Waals surface area contributed by atoms with E-state index in [2.05, 4.69) is 4.98 Å². The molecule has 0 bridgehead atoms. The Morgan fingerprint density at radius 2 is 2.17 bits per heavy atom. The summed E-state index contributed by atoms with van der Waals surface area (Å²) in [6.45, 7) is -0.730. The summed E-state index contributed by atoms with van der Waals surface area (Å²) in [4.78, 5) is 43.8. The molecule has 29 heavy (non-hydrogen) atoms. The number of amides is 1. The van der Waals surface area contributed by atoms with E-state index in [4.69, 9.17) is 8.85 Å². The zero-order chi connectivity index (χ0) is 23.0. The van der Waals surface area contributed by atoms with Gasteiger partial charge in [0, 0.05) is 14.9 Å². The molecule has 7 heteroatoms. The smallest absolute Gasteiger partial charge is 0.342 e. The van der Waals surface area contributed by atoms with E-state index in [1.54, 1.807) is 13.0 Å². The molecule has 0 radical (unpaired) electrons. The Morgan fingerprint density at radius 1 is 1.34 bits per heavy atom. The summed E-state index contributed by atoms with van der Waals surface area (Å²) in [5.41, 5.74) is 0.240. The van der Waals surface area contributed by atoms with Gasteiger partial charge in [0.25, 0.3) is 0 Å². The van der Waals surface area contributed by atoms with Crippen molar-refractivity contribution < 1.29 is 28.3 Å². The van der Waals surface area contributed by atoms with Crippen LogP contribution in [0.25, 0.3) is 17.8 Å². The molecule has 4 aliphatic rings. The van der Waals surface area contributed by atoms with E-state index in [-0.39, 0.29) is 43.3 Å². The van der Waals surface area contributed by atoms with Gasteiger partial charge in [0.15, 0.2) is 11.4 Å². The summed E-state index contributed by atoms with van der Waals surface area (Å²) < 4.78 is 28.5. The van der Waals surface area contributed by atoms with Gasteiger partial charge in [-0.1, -0.05) is 13.8 Å². The lowest BCUT2D eigenvalue weighted by Gasteiger charge is -2.41. The molecule has 7 nitrogen and oxygen atoms in total. The number of allylic oxidation sites excluding steroid dienone is 1. The number of fused-ring (bicyclic) bond motifs is 4. The maximum absolute atomic E-state index is 13.3. The minimum Gasteiger partial charge on any atom is -0.462 e. The van der Waals surface area contributed by atoms with Crippen molar-refractivity contribution in [2.24, 2.45) is 5.92 Å². The summed E-state index contributed by atoms with van der Waals surface area (Å²) in [6.07, 6.45) is 5.63. The molecule has 1 N–H and O–H groups in total. The van der Waals surface area contributed by atoms with E-state index in [0.717, 1.165) is 0 Å². The number of ketones is 1. The molecule has 1 aromatic rings. The van der Waals surface area contributed by atoms with Crippen LogP contribution < -0.4 is 10.6 Å². The van der Waals surface area contributed by atoms with E-state index in [1.165, 1.54) is 23.1 Å². The number of carbonyl (C=O) groups is 3. The van der Waals surface area contributed by atoms with Crippen LogP contribution in [0.15, 0.2) is 17.7 Å². The number of carbonyl (C=O) groups excluding carboxylic acids is 3. The third-order valence-corrected chi connectivity index (χ3v) is 6.14. The van der Waals surface area contributed by atoms with Crippen molar-refractivity contribution in [1.82, 2.24) is 9.88 Å². The molecular weight excluding hydrogens is 372 g/mol. The third kappa shape index (κ3) is 2.28. The summed E-state index contributed by atoms with van der Waals surface area (Å²) in [6, 6.07) is 0. The average Bonchev–Trinajstić information content (AvgIpc) is 3.09. The van der Waals surface area contributed by atoms with Gasteiger partial charge in [-0.2, -0.15) is 0 Å². The van der Waals surface area contributed by atoms with Gasteiger partial charge in [-0.05, 0) is 48.3 Å². The number of aromatic nitrogens is 1. The Kier molecular flexibility index (Phi) is 3.06. The summed E-state index contributed by atoms with van der Waals surface area (Å²) in [5.74, 6) is -2.21. The lowest BCUT2D eigenvalue weighted by molar-refractivity contribution is -0.172. The first-order chi connectivity index (χ1) is 15.0. The molecule has 1 saturated heterocycles. The average molecular weight is 395 g/mol. The molecule has 1 unspecified atom stereocenters. The highest BCUT2D eigenvalue weighted by molar-refractivity contribution is 6.16. The molecular formula is C22H20N2O5. The molecule has 3 aliphatic heterocycles. The predicted molar refractivity (Wildman–Crippen MR) is 103 cm³/mol. The highest BCUT2D eigenvalue weighted by atomic mass is 16.6. The van der Waals surface area contributed by atoms with Crippen molar-refractivity contribution in [3.05, 3.63) is 45.1 Å². The minimum atomic E-state index is -2.30. The molecule has 0 aromatic carbocycles. The molecule has 0 spiro atoms. The lowest BCUT2D eigenvalue weighted by atomic mass is 9.77. The standard InChI is InChI=1S/C22H20N2O5/c1-3-12-13-7-11(25)5-6-17(13)23-19-14(12)9-24-18(19)8-16-15(20(24)26)10-29-21(27)22(16,28)4-2/h5-8,15,28H,3-4,9-10H2,1-2H3/t15?,22-/m0/s1/i1D3. The fourth-order valence-corrected chi connectivity index (χ4v) is 4.53. The number of hydrogen-bond donors (Lipinski definition) is 1. The lowest BCUT2D eigenvalue weighted by Crippen LogP contribution is -2.54. The van der Waals surface area contributed by atoms with Crippen molar-refractivity contribution in [2.45, 2.75) is 38.8 Å². The van der Waals surface area contributed by atoms with Crippen LogP contribution in [0, 0.1) is 5.92 Å². The maximum Gasteiger partial charge on any atom is 0.342 e. The second kappa shape index (κ2) is 5.97. The van der Waals surface area contributed by atoms with Crippen molar-refractivity contribution in [3.8, 4) is 0 Å². The molecule has 1 fully saturated rings. The van der Waals surface area contributed by atoms with Gasteiger partial charge in [-0.3, -0.25) is 9.59 Å². The number of hydrogen-bond acceptors (Lipinski definition) is 6. The van der Waals surface area contributed by atoms with Crippen molar-refractivity contribution in [3.63, 3.8) is 0 Å². The van der Waals surface area contributed by atoms with E-state index < -0.39 is 24.3 Å². The van der Waals surface area contributed by atoms with Gasteiger partial charge in [-0.25, -0.2) is 9.78 Å². The fraction of sp³-hybridized carbons (Fsp3) is 0.364. The quantitative estimate of drug-likeness (QED) is 0.693. The van der Waals surface area contributed by atoms with Gasteiger partial charge < -0.3 is 14.7 Å². The number of pyridine rings is 1. The Bertz CT molecular complexity index is 1290. The number of esters is 1. The SMILES string of the molecule is [2H]C([2H])([2H])Cc1c2c(nc3c1=CC(=O)C=C3)=C1C=C3C(COC(=O)[C@]3(O)CC)C(=O)N1C2. The number of rotatable bonds is 2. The summed E-state index contributed by atoms with van der Waals surface area (Å²) in [5, 5.41) is 11.9. The normalized spacial score (nSPS) is 28.9. The maximum atomic E-state index is 13.3. The van der Waals surface area contributed by atoms with Gasteiger partial charge in [0.2, 0.25) is 5.91 Å². The first-order valence-corrected chi connectivity index (χ1v) is 9.46. The molecule has 2 atom stereocenters. The van der Waals surface area contributed by atoms with Crippen molar-refractivity contribution in [1.29, 1.82) is 0 Å². The molecule has 0 saturated carbocycles. The fourth-order valence-electron chi connectivity index (χ4n) is 4.53. The van der Waals surface area contributed by atoms with E-state index in [9.17, 15) is 19.5 Å². The Labute approximate surface area is 170 Å². The Morgan fingerprint density at radius 3 is 2.93 bits per heavy atom. The Balaban J connectivity index is 1.81. The van der Waals surface area contributed by atoms with E-state index >= 15 is 0 Å². The van der Waals surface area contributed by atoms with E-state index in [0.29, 0.717) is 33.1 Å². The topological polar surface area (TPSA) is 96.8 Å². The number of cyclic esters (lactones) is 1. The highest BCUT2D eigenvalue weighted by Crippen LogP contribution is 2.41. The van der Waals surface area contributed by atoms with E-state index in [1.807, 2.05) is 0 Å². The predicted octanol–water partition coefficient (Wildman–Crippen LogP) is -0.275. The molecule has 1 amide bonds. The van der Waals surface area contributed by atoms with Gasteiger partial charge in [-0.15, -0.1) is 0 Å². The molecule has 1 aliphatic carbocycles. The highest BCUT2D eigenvalue weighted by Gasteiger charge is 2.53. The van der Waals surface area contributed by atoms with Crippen LogP contribution in [0.4, 0.5) is 0 Å². The van der Waals surface area contributed by atoms with Crippen molar-refractivity contribution in [2.75, 3.05) is 6.61 Å². The van der Waals surface area contributed by atoms with Crippen molar-refractivity contribution >= 4 is 35.5 Å². The van der Waals surface area contributed by atoms with Gasteiger partial charge in [0.1, 0.15) is 6.61 Å². The monoisotopic (exact) mass is 395 g/mol. The number of nitrogens with zero attached hydrogens (tertiary/aromatic N) is 2.